The summed E-state index contributed by atoms with van der Waals surface area (Å²) in [6.45, 7) is -0.163. The van der Waals surface area contributed by atoms with Gasteiger partial charge in [-0.05, 0) is 36.4 Å². The number of thiophene rings is 1. The molecule has 0 aliphatic heterocycles. The van der Waals surface area contributed by atoms with Crippen molar-refractivity contribution in [3.63, 3.8) is 0 Å². The number of rotatable bonds is 7. The molecular weight excluding hydrogens is 398 g/mol. The number of nitrogens with one attached hydrogen (secondary N) is 1. The minimum absolute atomic E-state index is 0.00189. The number of hydrogen-bond acceptors (Lipinski definition) is 6. The maximum absolute atomic E-state index is 12.4. The van der Waals surface area contributed by atoms with E-state index in [0.717, 1.165) is 5.56 Å². The predicted octanol–water partition coefficient (Wildman–Crippen LogP) is 3.68. The lowest BCUT2D eigenvalue weighted by atomic mass is 10.2. The highest BCUT2D eigenvalue weighted by Gasteiger charge is 2.19. The zero-order valence-electron chi connectivity index (χ0n) is 13.7. The maximum Gasteiger partial charge on any atom is 0.240 e. The van der Waals surface area contributed by atoms with E-state index in [1.165, 1.54) is 36.6 Å². The summed E-state index contributed by atoms with van der Waals surface area (Å²) >= 11 is 7.30. The highest BCUT2D eigenvalue weighted by molar-refractivity contribution is 7.89. The van der Waals surface area contributed by atoms with E-state index in [1.54, 1.807) is 18.4 Å². The molecule has 26 heavy (non-hydrogen) atoms. The van der Waals surface area contributed by atoms with Gasteiger partial charge in [-0.1, -0.05) is 11.6 Å². The third-order valence-corrected chi connectivity index (χ3v) is 6.40. The van der Waals surface area contributed by atoms with Crippen molar-refractivity contribution in [2.45, 2.75) is 11.0 Å². The summed E-state index contributed by atoms with van der Waals surface area (Å²) in [6, 6.07) is 9.52. The second kappa shape index (κ2) is 7.81. The molecule has 6 nitrogen and oxygen atoms in total. The van der Waals surface area contributed by atoms with Crippen LogP contribution in [0, 0.1) is 0 Å². The van der Waals surface area contributed by atoms with E-state index in [0.29, 0.717) is 16.4 Å². The van der Waals surface area contributed by atoms with Crippen molar-refractivity contribution in [2.75, 3.05) is 13.7 Å². The maximum atomic E-state index is 12.4. The van der Waals surface area contributed by atoms with Crippen LogP contribution in [-0.4, -0.2) is 27.2 Å². The van der Waals surface area contributed by atoms with Gasteiger partial charge in [-0.15, -0.1) is 11.3 Å². The fraction of sp³-hybridized carbons (Fsp3) is 0.176. The summed E-state index contributed by atoms with van der Waals surface area (Å²) < 4.78 is 37.5. The van der Waals surface area contributed by atoms with Crippen molar-refractivity contribution in [3.05, 3.63) is 57.9 Å². The van der Waals surface area contributed by atoms with Crippen molar-refractivity contribution in [3.8, 4) is 17.1 Å². The molecule has 1 unspecified atom stereocenters. The Morgan fingerprint density at radius 3 is 2.81 bits per heavy atom. The lowest BCUT2D eigenvalue weighted by Gasteiger charge is -2.12. The van der Waals surface area contributed by atoms with Crippen molar-refractivity contribution in [1.82, 2.24) is 4.72 Å². The molecule has 1 atom stereocenters. The third kappa shape index (κ3) is 4.11. The summed E-state index contributed by atoms with van der Waals surface area (Å²) in [5.74, 6) is 1.07. The zero-order valence-corrected chi connectivity index (χ0v) is 16.1. The summed E-state index contributed by atoms with van der Waals surface area (Å²) in [5, 5.41) is 12.3. The van der Waals surface area contributed by atoms with Crippen molar-refractivity contribution in [2.24, 2.45) is 0 Å². The number of benzene rings is 1. The van der Waals surface area contributed by atoms with Gasteiger partial charge in [0.1, 0.15) is 17.6 Å². The molecule has 0 aliphatic rings. The minimum Gasteiger partial charge on any atom is -0.495 e. The quantitative estimate of drug-likeness (QED) is 0.616. The monoisotopic (exact) mass is 413 g/mol. The molecular formula is C17H16ClNO5S2. The second-order valence-electron chi connectivity index (χ2n) is 5.38. The van der Waals surface area contributed by atoms with Crippen LogP contribution in [0.25, 0.3) is 11.3 Å². The van der Waals surface area contributed by atoms with Gasteiger partial charge in [0.2, 0.25) is 10.0 Å². The van der Waals surface area contributed by atoms with Gasteiger partial charge in [0.05, 0.1) is 23.3 Å². The first kappa shape index (κ1) is 18.9. The second-order valence-corrected chi connectivity index (χ2v) is 8.50. The minimum atomic E-state index is -3.81. The largest absolute Gasteiger partial charge is 0.495 e. The van der Waals surface area contributed by atoms with Crippen LogP contribution in [0.3, 0.4) is 0 Å². The van der Waals surface area contributed by atoms with Crippen LogP contribution in [0.4, 0.5) is 0 Å². The van der Waals surface area contributed by atoms with Gasteiger partial charge in [-0.25, -0.2) is 13.1 Å². The Morgan fingerprint density at radius 1 is 1.35 bits per heavy atom. The molecule has 0 radical (unpaired) electrons. The predicted molar refractivity (Wildman–Crippen MR) is 100 cm³/mol. The van der Waals surface area contributed by atoms with E-state index >= 15 is 0 Å². The molecule has 9 heteroatoms. The first-order valence-corrected chi connectivity index (χ1v) is 10.3. The summed E-state index contributed by atoms with van der Waals surface area (Å²) in [7, 11) is -2.36. The number of aliphatic hydroxyl groups excluding tert-OH is 1. The lowest BCUT2D eigenvalue weighted by molar-refractivity contribution is 0.186. The van der Waals surface area contributed by atoms with Crippen molar-refractivity contribution in [1.29, 1.82) is 0 Å². The summed E-state index contributed by atoms with van der Waals surface area (Å²) in [4.78, 5) is 0.629. The van der Waals surface area contributed by atoms with Crippen LogP contribution in [0.5, 0.6) is 5.75 Å². The van der Waals surface area contributed by atoms with Gasteiger partial charge in [0.15, 0.2) is 0 Å². The summed E-state index contributed by atoms with van der Waals surface area (Å²) in [6.07, 6.45) is 0.587. The first-order chi connectivity index (χ1) is 12.4. The molecule has 2 N–H and O–H groups in total. The van der Waals surface area contributed by atoms with Crippen molar-refractivity contribution >= 4 is 33.0 Å². The Morgan fingerprint density at radius 2 is 2.15 bits per heavy atom. The van der Waals surface area contributed by atoms with E-state index in [4.69, 9.17) is 20.8 Å². The molecule has 2 heterocycles. The lowest BCUT2D eigenvalue weighted by Crippen LogP contribution is -2.28. The molecule has 3 rings (SSSR count). The number of halogens is 1. The van der Waals surface area contributed by atoms with Gasteiger partial charge >= 0.3 is 0 Å². The number of furan rings is 1. The van der Waals surface area contributed by atoms with E-state index in [1.807, 2.05) is 11.4 Å². The van der Waals surface area contributed by atoms with Crippen LogP contribution in [0.2, 0.25) is 5.02 Å². The smallest absolute Gasteiger partial charge is 0.240 e. The van der Waals surface area contributed by atoms with Gasteiger partial charge in [0.25, 0.3) is 0 Å². The molecule has 0 fully saturated rings. The molecule has 1 aromatic carbocycles. The molecule has 0 bridgehead atoms. The number of hydrogen-bond donors (Lipinski definition) is 2. The molecule has 138 valence electrons. The van der Waals surface area contributed by atoms with Crippen LogP contribution in [0.1, 0.15) is 11.0 Å². The molecule has 0 spiro atoms. The Labute approximate surface area is 160 Å². The van der Waals surface area contributed by atoms with Gasteiger partial charge < -0.3 is 14.3 Å². The number of sulfonamides is 1. The Balaban J connectivity index is 1.68. The van der Waals surface area contributed by atoms with E-state index in [2.05, 4.69) is 4.72 Å². The van der Waals surface area contributed by atoms with Gasteiger partial charge in [-0.3, -0.25) is 0 Å². The van der Waals surface area contributed by atoms with E-state index in [-0.39, 0.29) is 16.5 Å². The highest BCUT2D eigenvalue weighted by Crippen LogP contribution is 2.30. The number of ether oxygens (including phenoxy) is 1. The van der Waals surface area contributed by atoms with Crippen molar-refractivity contribution < 1.29 is 22.7 Å². The van der Waals surface area contributed by atoms with Crippen LogP contribution < -0.4 is 9.46 Å². The fourth-order valence-corrected chi connectivity index (χ4v) is 4.56. The zero-order chi connectivity index (χ0) is 18.7. The Bertz CT molecular complexity index is 983. The molecule has 2 aromatic heterocycles. The highest BCUT2D eigenvalue weighted by atomic mass is 35.5. The third-order valence-electron chi connectivity index (χ3n) is 3.65. The standard InChI is InChI=1S/C17H16ClNO5S2/c1-23-16-5-4-12(8-13(16)18)26(21,22)19-9-14(20)17-7-11(10-25-17)15-3-2-6-24-15/h2-8,10,14,19-20H,9H2,1H3. The average Bonchev–Trinajstić information content (AvgIpc) is 3.30. The Hall–Kier alpha value is -1.84. The molecule has 0 aliphatic carbocycles. The summed E-state index contributed by atoms with van der Waals surface area (Å²) in [5.41, 5.74) is 0.832. The SMILES string of the molecule is COc1ccc(S(=O)(=O)NCC(O)c2cc(-c3ccco3)cs2)cc1Cl. The van der Waals surface area contributed by atoms with E-state index < -0.39 is 16.1 Å². The molecule has 3 aromatic rings. The molecule has 0 saturated carbocycles. The molecule has 0 amide bonds. The van der Waals surface area contributed by atoms with E-state index in [9.17, 15) is 13.5 Å². The first-order valence-electron chi connectivity index (χ1n) is 7.54. The average molecular weight is 414 g/mol. The van der Waals surface area contributed by atoms with Crippen LogP contribution >= 0.6 is 22.9 Å². The topological polar surface area (TPSA) is 88.8 Å². The number of aliphatic hydroxyl groups is 1. The number of methoxy groups -OCH3 is 1. The normalized spacial score (nSPS) is 12.9. The van der Waals surface area contributed by atoms with Gasteiger partial charge in [0, 0.05) is 22.4 Å². The van der Waals surface area contributed by atoms with Gasteiger partial charge in [-0.2, -0.15) is 0 Å². The Kier molecular flexibility index (Phi) is 5.69. The van der Waals surface area contributed by atoms with Crippen LogP contribution in [-0.2, 0) is 10.0 Å². The fourth-order valence-electron chi connectivity index (χ4n) is 2.29. The van der Waals surface area contributed by atoms with Crippen LogP contribution in [0.15, 0.2) is 57.4 Å². The molecule has 0 saturated heterocycles.